The molecule has 0 unspecified atom stereocenters. The van der Waals surface area contributed by atoms with Crippen molar-refractivity contribution in [3.05, 3.63) is 28.8 Å². The van der Waals surface area contributed by atoms with Gasteiger partial charge in [-0.1, -0.05) is 25.4 Å². The highest BCUT2D eigenvalue weighted by atomic mass is 35.5. The van der Waals surface area contributed by atoms with Crippen LogP contribution in [0.25, 0.3) is 6.08 Å². The average molecular weight is 412 g/mol. The molecule has 1 aromatic carbocycles. The van der Waals surface area contributed by atoms with Crippen LogP contribution < -0.4 is 9.47 Å². The first-order valence-corrected chi connectivity index (χ1v) is 9.63. The third-order valence-corrected chi connectivity index (χ3v) is 4.02. The molecule has 0 fully saturated rings. The van der Waals surface area contributed by atoms with E-state index in [1.54, 1.807) is 23.1 Å². The summed E-state index contributed by atoms with van der Waals surface area (Å²) in [5.41, 5.74) is 0.712. The Bertz CT molecular complexity index is 700. The quantitative estimate of drug-likeness (QED) is 0.426. The van der Waals surface area contributed by atoms with Crippen LogP contribution in [0.15, 0.2) is 18.2 Å². The Hall–Kier alpha value is -2.21. The Kier molecular flexibility index (Phi) is 9.87. The Labute approximate surface area is 172 Å². The number of carbonyl (C=O) groups excluding carboxylic acids is 2. The van der Waals surface area contributed by atoms with Crippen LogP contribution in [0.1, 0.15) is 39.7 Å². The van der Waals surface area contributed by atoms with Crippen molar-refractivity contribution in [2.75, 3.05) is 27.3 Å². The number of benzene rings is 1. The number of rotatable bonds is 10. The van der Waals surface area contributed by atoms with Crippen molar-refractivity contribution in [1.29, 1.82) is 0 Å². The van der Waals surface area contributed by atoms with Crippen molar-refractivity contribution in [1.82, 2.24) is 4.90 Å². The summed E-state index contributed by atoms with van der Waals surface area (Å²) < 4.78 is 15.7. The van der Waals surface area contributed by atoms with Gasteiger partial charge in [0.15, 0.2) is 11.5 Å². The lowest BCUT2D eigenvalue weighted by Crippen LogP contribution is -2.34. The SMILES string of the molecule is COC(=O)CCN(CC(C)C)C(=O)/C=C/c1cc(Cl)c(OC(C)C)c(OC)c1. The topological polar surface area (TPSA) is 65.1 Å². The van der Waals surface area contributed by atoms with Gasteiger partial charge in [-0.25, -0.2) is 0 Å². The summed E-state index contributed by atoms with van der Waals surface area (Å²) in [6, 6.07) is 3.47. The molecular weight excluding hydrogens is 382 g/mol. The van der Waals surface area contributed by atoms with Crippen molar-refractivity contribution in [2.24, 2.45) is 5.92 Å². The largest absolute Gasteiger partial charge is 0.493 e. The number of amides is 1. The molecule has 1 aromatic rings. The van der Waals surface area contributed by atoms with Crippen LogP contribution in [-0.4, -0.2) is 50.2 Å². The Morgan fingerprint density at radius 1 is 1.18 bits per heavy atom. The van der Waals surface area contributed by atoms with E-state index >= 15 is 0 Å². The molecule has 7 heteroatoms. The lowest BCUT2D eigenvalue weighted by molar-refractivity contribution is -0.141. The van der Waals surface area contributed by atoms with Crippen LogP contribution in [0.3, 0.4) is 0 Å². The number of halogens is 1. The first-order chi connectivity index (χ1) is 13.2. The highest BCUT2D eigenvalue weighted by molar-refractivity contribution is 6.32. The lowest BCUT2D eigenvalue weighted by Gasteiger charge is -2.22. The monoisotopic (exact) mass is 411 g/mol. The molecule has 0 aliphatic rings. The average Bonchev–Trinajstić information content (AvgIpc) is 2.63. The molecule has 0 heterocycles. The highest BCUT2D eigenvalue weighted by Crippen LogP contribution is 2.37. The molecule has 0 saturated carbocycles. The number of esters is 1. The first-order valence-electron chi connectivity index (χ1n) is 9.25. The second-order valence-corrected chi connectivity index (χ2v) is 7.45. The van der Waals surface area contributed by atoms with E-state index in [1.165, 1.54) is 20.3 Å². The molecule has 0 aliphatic heterocycles. The van der Waals surface area contributed by atoms with Gasteiger partial charge in [-0.15, -0.1) is 0 Å². The van der Waals surface area contributed by atoms with Gasteiger partial charge in [0, 0.05) is 19.2 Å². The predicted molar refractivity (Wildman–Crippen MR) is 111 cm³/mol. The molecule has 156 valence electrons. The summed E-state index contributed by atoms with van der Waals surface area (Å²) >= 11 is 6.32. The van der Waals surface area contributed by atoms with Gasteiger partial charge in [0.1, 0.15) is 0 Å². The molecule has 0 N–H and O–H groups in total. The van der Waals surface area contributed by atoms with E-state index in [4.69, 9.17) is 21.1 Å². The Morgan fingerprint density at radius 2 is 1.86 bits per heavy atom. The second kappa shape index (κ2) is 11.6. The summed E-state index contributed by atoms with van der Waals surface area (Å²) in [6.07, 6.45) is 3.24. The van der Waals surface area contributed by atoms with Crippen molar-refractivity contribution in [3.8, 4) is 11.5 Å². The normalized spacial score (nSPS) is 11.2. The molecule has 0 bridgehead atoms. The fourth-order valence-corrected chi connectivity index (χ4v) is 2.78. The minimum atomic E-state index is -0.345. The third kappa shape index (κ3) is 7.80. The number of nitrogens with zero attached hydrogens (tertiary/aromatic N) is 1. The lowest BCUT2D eigenvalue weighted by atomic mass is 10.1. The molecule has 0 atom stereocenters. The number of carbonyl (C=O) groups is 2. The van der Waals surface area contributed by atoms with E-state index < -0.39 is 0 Å². The van der Waals surface area contributed by atoms with Crippen LogP contribution in [-0.2, 0) is 14.3 Å². The first kappa shape index (κ1) is 23.8. The van der Waals surface area contributed by atoms with Crippen LogP contribution in [0, 0.1) is 5.92 Å². The Morgan fingerprint density at radius 3 is 2.39 bits per heavy atom. The van der Waals surface area contributed by atoms with Crippen LogP contribution in [0.5, 0.6) is 11.5 Å². The zero-order valence-electron chi connectivity index (χ0n) is 17.5. The van der Waals surface area contributed by atoms with E-state index in [0.717, 1.165) is 0 Å². The van der Waals surface area contributed by atoms with Crippen molar-refractivity contribution >= 4 is 29.6 Å². The molecule has 0 aromatic heterocycles. The molecule has 1 rings (SSSR count). The molecule has 0 spiro atoms. The van der Waals surface area contributed by atoms with Gasteiger partial charge in [0.2, 0.25) is 5.91 Å². The fourth-order valence-electron chi connectivity index (χ4n) is 2.52. The summed E-state index contributed by atoms with van der Waals surface area (Å²) in [5.74, 6) is 0.718. The van der Waals surface area contributed by atoms with Crippen LogP contribution in [0.2, 0.25) is 5.02 Å². The summed E-state index contributed by atoms with van der Waals surface area (Å²) in [6.45, 7) is 8.69. The van der Waals surface area contributed by atoms with Crippen LogP contribution in [0.4, 0.5) is 0 Å². The van der Waals surface area contributed by atoms with E-state index in [9.17, 15) is 9.59 Å². The van der Waals surface area contributed by atoms with Gasteiger partial charge >= 0.3 is 5.97 Å². The zero-order valence-corrected chi connectivity index (χ0v) is 18.2. The summed E-state index contributed by atoms with van der Waals surface area (Å²) in [7, 11) is 2.87. The van der Waals surface area contributed by atoms with Crippen LogP contribution >= 0.6 is 11.6 Å². The molecule has 0 radical (unpaired) electrons. The number of hydrogen-bond acceptors (Lipinski definition) is 5. The minimum Gasteiger partial charge on any atom is -0.493 e. The fraction of sp³-hybridized carbons (Fsp3) is 0.524. The Balaban J connectivity index is 2.98. The van der Waals surface area contributed by atoms with Crippen molar-refractivity contribution in [2.45, 2.75) is 40.2 Å². The van der Waals surface area contributed by atoms with Gasteiger partial charge in [0.05, 0.1) is 31.8 Å². The van der Waals surface area contributed by atoms with Gasteiger partial charge < -0.3 is 19.1 Å². The molecule has 28 heavy (non-hydrogen) atoms. The molecule has 0 aliphatic carbocycles. The van der Waals surface area contributed by atoms with E-state index in [2.05, 4.69) is 4.74 Å². The van der Waals surface area contributed by atoms with Gasteiger partial charge in [-0.2, -0.15) is 0 Å². The van der Waals surface area contributed by atoms with Gasteiger partial charge in [-0.05, 0) is 43.5 Å². The summed E-state index contributed by atoms with van der Waals surface area (Å²) in [4.78, 5) is 25.6. The second-order valence-electron chi connectivity index (χ2n) is 7.04. The summed E-state index contributed by atoms with van der Waals surface area (Å²) in [5, 5.41) is 0.407. The minimum absolute atomic E-state index is 0.0474. The number of ether oxygens (including phenoxy) is 3. The van der Waals surface area contributed by atoms with Gasteiger partial charge in [-0.3, -0.25) is 9.59 Å². The van der Waals surface area contributed by atoms with E-state index in [0.29, 0.717) is 35.2 Å². The van der Waals surface area contributed by atoms with E-state index in [-0.39, 0.29) is 30.3 Å². The number of hydrogen-bond donors (Lipinski definition) is 0. The van der Waals surface area contributed by atoms with Gasteiger partial charge in [0.25, 0.3) is 0 Å². The molecule has 6 nitrogen and oxygen atoms in total. The third-order valence-electron chi connectivity index (χ3n) is 3.73. The highest BCUT2D eigenvalue weighted by Gasteiger charge is 2.16. The van der Waals surface area contributed by atoms with Crippen molar-refractivity contribution < 1.29 is 23.8 Å². The standard InChI is InChI=1S/C21H30ClNO5/c1-14(2)13-23(10-9-20(25)27-6)19(24)8-7-16-11-17(22)21(28-15(3)4)18(12-16)26-5/h7-8,11-12,14-15H,9-10,13H2,1-6H3/b8-7+. The smallest absolute Gasteiger partial charge is 0.307 e. The molecular formula is C21H30ClNO5. The maximum atomic E-state index is 12.6. The van der Waals surface area contributed by atoms with E-state index in [1.807, 2.05) is 27.7 Å². The molecule has 1 amide bonds. The maximum Gasteiger partial charge on any atom is 0.307 e. The predicted octanol–water partition coefficient (Wildman–Crippen LogP) is 4.20. The zero-order chi connectivity index (χ0) is 21.3. The number of methoxy groups -OCH3 is 2. The van der Waals surface area contributed by atoms with Crippen molar-refractivity contribution in [3.63, 3.8) is 0 Å². The molecule has 0 saturated heterocycles. The maximum absolute atomic E-state index is 12.6.